The largest absolute Gasteiger partial charge is 0.0851 e. The molecule has 0 nitrogen and oxygen atoms in total. The molecule has 72 valence electrons. The minimum atomic E-state index is 0.753. The summed E-state index contributed by atoms with van der Waals surface area (Å²) in [4.78, 5) is 0. The van der Waals surface area contributed by atoms with Crippen molar-refractivity contribution < 1.29 is 0 Å². The lowest BCUT2D eigenvalue weighted by Gasteiger charge is -2.10. The second kappa shape index (κ2) is 7.39. The molecule has 0 atom stereocenters. The number of unbranched alkanes of at least 4 members (excludes halogenated alkanes) is 2. The predicted octanol–water partition coefficient (Wildman–Crippen LogP) is 4.56. The Morgan fingerprint density at radius 3 is 2.25 bits per heavy atom. The lowest BCUT2D eigenvalue weighted by atomic mass is 9.96. The van der Waals surface area contributed by atoms with Gasteiger partial charge in [0.2, 0.25) is 0 Å². The molecule has 0 bridgehead atoms. The summed E-state index contributed by atoms with van der Waals surface area (Å²) in [6, 6.07) is 0. The molecule has 0 saturated carbocycles. The Balaban J connectivity index is 3.85. The quantitative estimate of drug-likeness (QED) is 0.510. The maximum atomic E-state index is 2.44. The first kappa shape index (κ1) is 11.7. The van der Waals surface area contributed by atoms with Gasteiger partial charge in [-0.1, -0.05) is 52.2 Å². The molecular weight excluding hydrogens is 144 g/mol. The van der Waals surface area contributed by atoms with Crippen molar-refractivity contribution in [1.29, 1.82) is 0 Å². The van der Waals surface area contributed by atoms with Crippen LogP contribution in [0.4, 0.5) is 0 Å². The number of allylic oxidation sites excluding steroid dienone is 2. The van der Waals surface area contributed by atoms with Crippen LogP contribution in [-0.2, 0) is 0 Å². The lowest BCUT2D eigenvalue weighted by molar-refractivity contribution is 0.666. The molecule has 0 rings (SSSR count). The SMILES string of the molecule is CCCC=C(CCCC)C(C)C. The van der Waals surface area contributed by atoms with E-state index in [2.05, 4.69) is 33.8 Å². The molecule has 0 aromatic rings. The second-order valence-corrected chi connectivity index (χ2v) is 3.83. The van der Waals surface area contributed by atoms with Crippen molar-refractivity contribution in [3.8, 4) is 0 Å². The van der Waals surface area contributed by atoms with Gasteiger partial charge in [-0.2, -0.15) is 0 Å². The van der Waals surface area contributed by atoms with Gasteiger partial charge < -0.3 is 0 Å². The number of rotatable bonds is 6. The second-order valence-electron chi connectivity index (χ2n) is 3.83. The highest BCUT2D eigenvalue weighted by atomic mass is 14.1. The first-order valence-electron chi connectivity index (χ1n) is 5.41. The highest BCUT2D eigenvalue weighted by molar-refractivity contribution is 5.04. The number of hydrogen-bond acceptors (Lipinski definition) is 0. The summed E-state index contributed by atoms with van der Waals surface area (Å²) in [7, 11) is 0. The van der Waals surface area contributed by atoms with Crippen LogP contribution in [-0.4, -0.2) is 0 Å². The van der Waals surface area contributed by atoms with Crippen LogP contribution in [0.25, 0.3) is 0 Å². The van der Waals surface area contributed by atoms with Gasteiger partial charge in [0, 0.05) is 0 Å². The Kier molecular flexibility index (Phi) is 7.23. The molecule has 0 aliphatic rings. The summed E-state index contributed by atoms with van der Waals surface area (Å²) >= 11 is 0. The van der Waals surface area contributed by atoms with Crippen LogP contribution in [0.3, 0.4) is 0 Å². The predicted molar refractivity (Wildman–Crippen MR) is 57.4 cm³/mol. The molecule has 0 aromatic carbocycles. The molecule has 12 heavy (non-hydrogen) atoms. The molecule has 0 radical (unpaired) electrons. The molecule has 0 aliphatic heterocycles. The summed E-state index contributed by atoms with van der Waals surface area (Å²) < 4.78 is 0. The monoisotopic (exact) mass is 168 g/mol. The fraction of sp³-hybridized carbons (Fsp3) is 0.833. The summed E-state index contributed by atoms with van der Waals surface area (Å²) in [5.41, 5.74) is 1.67. The van der Waals surface area contributed by atoms with E-state index in [0.29, 0.717) is 0 Å². The van der Waals surface area contributed by atoms with E-state index >= 15 is 0 Å². The van der Waals surface area contributed by atoms with Crippen molar-refractivity contribution in [1.82, 2.24) is 0 Å². The van der Waals surface area contributed by atoms with Gasteiger partial charge >= 0.3 is 0 Å². The van der Waals surface area contributed by atoms with E-state index in [1.165, 1.54) is 32.1 Å². The van der Waals surface area contributed by atoms with E-state index in [9.17, 15) is 0 Å². The third kappa shape index (κ3) is 5.40. The van der Waals surface area contributed by atoms with Gasteiger partial charge in [0.1, 0.15) is 0 Å². The molecule has 0 unspecified atom stereocenters. The minimum absolute atomic E-state index is 0.753. The van der Waals surface area contributed by atoms with Crippen LogP contribution in [0.5, 0.6) is 0 Å². The third-order valence-electron chi connectivity index (χ3n) is 2.26. The fourth-order valence-electron chi connectivity index (χ4n) is 1.34. The smallest absolute Gasteiger partial charge is 0.0260 e. The maximum absolute atomic E-state index is 2.44. The van der Waals surface area contributed by atoms with Crippen LogP contribution < -0.4 is 0 Å². The number of hydrogen-bond donors (Lipinski definition) is 0. The molecule has 0 N–H and O–H groups in total. The molecule has 0 aromatic heterocycles. The fourth-order valence-corrected chi connectivity index (χ4v) is 1.34. The van der Waals surface area contributed by atoms with Crippen molar-refractivity contribution in [2.45, 2.75) is 59.8 Å². The van der Waals surface area contributed by atoms with E-state index < -0.39 is 0 Å². The van der Waals surface area contributed by atoms with E-state index in [-0.39, 0.29) is 0 Å². The molecule has 0 amide bonds. The Morgan fingerprint density at radius 2 is 1.83 bits per heavy atom. The van der Waals surface area contributed by atoms with Gasteiger partial charge in [-0.25, -0.2) is 0 Å². The minimum Gasteiger partial charge on any atom is -0.0851 e. The molecule has 0 heteroatoms. The van der Waals surface area contributed by atoms with E-state index in [1.54, 1.807) is 5.57 Å². The first-order valence-corrected chi connectivity index (χ1v) is 5.41. The molecule has 0 aliphatic carbocycles. The standard InChI is InChI=1S/C12H24/c1-5-7-9-12(11(3)4)10-8-6-2/h9,11H,5-8,10H2,1-4H3. The Bertz CT molecular complexity index is 120. The van der Waals surface area contributed by atoms with E-state index in [1.807, 2.05) is 0 Å². The van der Waals surface area contributed by atoms with E-state index in [4.69, 9.17) is 0 Å². The van der Waals surface area contributed by atoms with Gasteiger partial charge in [0.15, 0.2) is 0 Å². The van der Waals surface area contributed by atoms with Crippen molar-refractivity contribution in [3.05, 3.63) is 11.6 Å². The van der Waals surface area contributed by atoms with Gasteiger partial charge in [0.25, 0.3) is 0 Å². The molecule has 0 fully saturated rings. The van der Waals surface area contributed by atoms with Crippen molar-refractivity contribution in [2.75, 3.05) is 0 Å². The van der Waals surface area contributed by atoms with Crippen LogP contribution in [0.15, 0.2) is 11.6 Å². The highest BCUT2D eigenvalue weighted by Crippen LogP contribution is 2.17. The molecule has 0 saturated heterocycles. The Morgan fingerprint density at radius 1 is 1.17 bits per heavy atom. The highest BCUT2D eigenvalue weighted by Gasteiger charge is 2.01. The van der Waals surface area contributed by atoms with Gasteiger partial charge in [-0.3, -0.25) is 0 Å². The summed E-state index contributed by atoms with van der Waals surface area (Å²) in [5.74, 6) is 0.753. The first-order chi connectivity index (χ1) is 5.72. The van der Waals surface area contributed by atoms with E-state index in [0.717, 1.165) is 5.92 Å². The normalized spacial score (nSPS) is 12.6. The average Bonchev–Trinajstić information content (AvgIpc) is 2.04. The average molecular weight is 168 g/mol. The Hall–Kier alpha value is -0.260. The Labute approximate surface area is 78.1 Å². The zero-order valence-electron chi connectivity index (χ0n) is 9.19. The van der Waals surface area contributed by atoms with Gasteiger partial charge in [-0.15, -0.1) is 0 Å². The topological polar surface area (TPSA) is 0 Å². The van der Waals surface area contributed by atoms with Gasteiger partial charge in [-0.05, 0) is 25.2 Å². The molecule has 0 spiro atoms. The van der Waals surface area contributed by atoms with Crippen molar-refractivity contribution in [3.63, 3.8) is 0 Å². The maximum Gasteiger partial charge on any atom is -0.0260 e. The van der Waals surface area contributed by atoms with Crippen molar-refractivity contribution in [2.24, 2.45) is 5.92 Å². The summed E-state index contributed by atoms with van der Waals surface area (Å²) in [6.07, 6.45) is 8.97. The lowest BCUT2D eigenvalue weighted by Crippen LogP contribution is -1.94. The van der Waals surface area contributed by atoms with Crippen LogP contribution >= 0.6 is 0 Å². The van der Waals surface area contributed by atoms with Gasteiger partial charge in [0.05, 0.1) is 0 Å². The third-order valence-corrected chi connectivity index (χ3v) is 2.26. The zero-order valence-corrected chi connectivity index (χ0v) is 9.19. The summed E-state index contributed by atoms with van der Waals surface area (Å²) in [6.45, 7) is 9.11. The molecule has 0 heterocycles. The summed E-state index contributed by atoms with van der Waals surface area (Å²) in [5, 5.41) is 0. The van der Waals surface area contributed by atoms with Crippen molar-refractivity contribution >= 4 is 0 Å². The van der Waals surface area contributed by atoms with Crippen LogP contribution in [0, 0.1) is 5.92 Å². The van der Waals surface area contributed by atoms with Crippen LogP contribution in [0.1, 0.15) is 59.8 Å². The molecular formula is C12H24. The zero-order chi connectivity index (χ0) is 9.40. The van der Waals surface area contributed by atoms with Crippen LogP contribution in [0.2, 0.25) is 0 Å².